The van der Waals surface area contributed by atoms with Crippen LogP contribution in [0.25, 0.3) is 6.08 Å². The molecule has 0 saturated carbocycles. The number of fused-ring (bicyclic) bond motifs is 1. The summed E-state index contributed by atoms with van der Waals surface area (Å²) in [6.07, 6.45) is 2.66. The van der Waals surface area contributed by atoms with Gasteiger partial charge in [0, 0.05) is 35.2 Å². The van der Waals surface area contributed by atoms with Crippen molar-refractivity contribution in [3.8, 4) is 0 Å². The van der Waals surface area contributed by atoms with Crippen LogP contribution in [0.1, 0.15) is 24.5 Å². The lowest BCUT2D eigenvalue weighted by Crippen LogP contribution is -2.43. The number of nitrogens with one attached hydrogen (secondary N) is 1. The van der Waals surface area contributed by atoms with E-state index >= 15 is 0 Å². The maximum Gasteiger partial charge on any atom is 0.265 e. The smallest absolute Gasteiger partial charge is 0.265 e. The SMILES string of the molecule is CCN(CCCNC(=O)CN1C(=O)C(=Cc2ccc(Cl)cc2)Sc2ccccc21)c1cccc(C)c1. The third-order valence-electron chi connectivity index (χ3n) is 5.98. The molecule has 0 atom stereocenters. The van der Waals surface area contributed by atoms with Crippen LogP contribution in [0.3, 0.4) is 0 Å². The van der Waals surface area contributed by atoms with Gasteiger partial charge < -0.3 is 10.2 Å². The Balaban J connectivity index is 1.38. The van der Waals surface area contributed by atoms with E-state index < -0.39 is 0 Å². The van der Waals surface area contributed by atoms with E-state index in [4.69, 9.17) is 11.6 Å². The molecule has 0 radical (unpaired) electrons. The highest BCUT2D eigenvalue weighted by atomic mass is 35.5. The van der Waals surface area contributed by atoms with Crippen LogP contribution in [-0.2, 0) is 9.59 Å². The topological polar surface area (TPSA) is 52.7 Å². The number of anilines is 2. The lowest BCUT2D eigenvalue weighted by Gasteiger charge is -2.30. The Morgan fingerprint density at radius 1 is 1.08 bits per heavy atom. The van der Waals surface area contributed by atoms with E-state index in [0.717, 1.165) is 35.7 Å². The molecule has 0 aromatic heterocycles. The van der Waals surface area contributed by atoms with Gasteiger partial charge in [-0.1, -0.05) is 59.8 Å². The molecule has 4 rings (SSSR count). The number of benzene rings is 3. The first-order chi connectivity index (χ1) is 17.4. The number of carbonyl (C=O) groups excluding carboxylic acids is 2. The number of halogens is 1. The second-order valence-electron chi connectivity index (χ2n) is 8.64. The maximum atomic E-state index is 13.4. The summed E-state index contributed by atoms with van der Waals surface area (Å²) in [5.41, 5.74) is 4.06. The summed E-state index contributed by atoms with van der Waals surface area (Å²) in [5.74, 6) is -0.352. The van der Waals surface area contributed by atoms with Crippen molar-refractivity contribution < 1.29 is 9.59 Å². The minimum Gasteiger partial charge on any atom is -0.372 e. The Morgan fingerprint density at radius 3 is 2.61 bits per heavy atom. The first-order valence-corrected chi connectivity index (χ1v) is 13.3. The summed E-state index contributed by atoms with van der Waals surface area (Å²) >= 11 is 7.42. The second-order valence-corrected chi connectivity index (χ2v) is 10.2. The number of carbonyl (C=O) groups is 2. The van der Waals surface area contributed by atoms with Crippen LogP contribution >= 0.6 is 23.4 Å². The van der Waals surface area contributed by atoms with E-state index in [2.05, 4.69) is 48.3 Å². The first kappa shape index (κ1) is 25.9. The van der Waals surface area contributed by atoms with Gasteiger partial charge in [0.15, 0.2) is 0 Å². The Hall–Kier alpha value is -3.22. The van der Waals surface area contributed by atoms with Gasteiger partial charge in [0.1, 0.15) is 6.54 Å². The molecule has 0 fully saturated rings. The Labute approximate surface area is 222 Å². The average Bonchev–Trinajstić information content (AvgIpc) is 2.88. The van der Waals surface area contributed by atoms with Gasteiger partial charge in [0.2, 0.25) is 5.91 Å². The number of rotatable bonds is 9. The van der Waals surface area contributed by atoms with Crippen molar-refractivity contribution in [3.63, 3.8) is 0 Å². The molecular weight excluding hydrogens is 490 g/mol. The highest BCUT2D eigenvalue weighted by molar-refractivity contribution is 8.04. The minimum atomic E-state index is -0.180. The molecule has 1 aliphatic rings. The highest BCUT2D eigenvalue weighted by Crippen LogP contribution is 2.41. The molecule has 7 heteroatoms. The molecule has 1 N–H and O–H groups in total. The quantitative estimate of drug-likeness (QED) is 0.272. The summed E-state index contributed by atoms with van der Waals surface area (Å²) in [7, 11) is 0. The molecule has 3 aromatic rings. The predicted molar refractivity (Wildman–Crippen MR) is 151 cm³/mol. The van der Waals surface area contributed by atoms with E-state index in [-0.39, 0.29) is 18.4 Å². The largest absolute Gasteiger partial charge is 0.372 e. The van der Waals surface area contributed by atoms with Crippen molar-refractivity contribution in [3.05, 3.63) is 93.9 Å². The van der Waals surface area contributed by atoms with Crippen molar-refractivity contribution in [2.45, 2.75) is 25.2 Å². The molecule has 3 aromatic carbocycles. The van der Waals surface area contributed by atoms with Crippen molar-refractivity contribution in [1.29, 1.82) is 0 Å². The van der Waals surface area contributed by atoms with Gasteiger partial charge in [-0.2, -0.15) is 0 Å². The molecule has 0 aliphatic carbocycles. The number of hydrogen-bond acceptors (Lipinski definition) is 4. The van der Waals surface area contributed by atoms with Crippen LogP contribution in [0.15, 0.2) is 82.6 Å². The van der Waals surface area contributed by atoms with E-state index in [1.165, 1.54) is 23.0 Å². The Morgan fingerprint density at radius 2 is 1.86 bits per heavy atom. The molecule has 2 amide bonds. The standard InChI is InChI=1S/C29H30ClN3O2S/c1-3-32(24-9-6-8-21(2)18-24)17-7-16-31-28(34)20-33-25-10-4-5-11-26(25)36-27(29(33)35)19-22-12-14-23(30)15-13-22/h4-6,8-15,18-19H,3,7,16-17,20H2,1-2H3,(H,31,34). The van der Waals surface area contributed by atoms with Gasteiger partial charge in [-0.3, -0.25) is 14.5 Å². The monoisotopic (exact) mass is 519 g/mol. The maximum absolute atomic E-state index is 13.4. The number of nitrogens with zero attached hydrogens (tertiary/aromatic N) is 2. The zero-order chi connectivity index (χ0) is 25.5. The average molecular weight is 520 g/mol. The molecule has 1 aliphatic heterocycles. The number of hydrogen-bond donors (Lipinski definition) is 1. The van der Waals surface area contributed by atoms with Crippen LogP contribution in [-0.4, -0.2) is 38.0 Å². The summed E-state index contributed by atoms with van der Waals surface area (Å²) in [6, 6.07) is 23.5. The molecule has 1 heterocycles. The normalized spacial score (nSPS) is 14.0. The third kappa shape index (κ3) is 6.50. The van der Waals surface area contributed by atoms with Gasteiger partial charge in [-0.15, -0.1) is 0 Å². The van der Waals surface area contributed by atoms with Gasteiger partial charge in [-0.05, 0) is 73.9 Å². The zero-order valence-electron chi connectivity index (χ0n) is 20.5. The summed E-state index contributed by atoms with van der Waals surface area (Å²) in [5, 5.41) is 3.64. The van der Waals surface area contributed by atoms with Gasteiger partial charge in [0.05, 0.1) is 10.6 Å². The third-order valence-corrected chi connectivity index (χ3v) is 7.31. The van der Waals surface area contributed by atoms with Crippen molar-refractivity contribution in [1.82, 2.24) is 5.32 Å². The van der Waals surface area contributed by atoms with Crippen LogP contribution < -0.4 is 15.1 Å². The van der Waals surface area contributed by atoms with Crippen LogP contribution in [0.4, 0.5) is 11.4 Å². The van der Waals surface area contributed by atoms with Crippen molar-refractivity contribution in [2.24, 2.45) is 0 Å². The molecular formula is C29H30ClN3O2S. The van der Waals surface area contributed by atoms with Crippen molar-refractivity contribution in [2.75, 3.05) is 36.0 Å². The van der Waals surface area contributed by atoms with Gasteiger partial charge in [-0.25, -0.2) is 0 Å². The molecule has 0 unspecified atom stereocenters. The molecule has 186 valence electrons. The minimum absolute atomic E-state index is 0.0241. The highest BCUT2D eigenvalue weighted by Gasteiger charge is 2.30. The molecule has 5 nitrogen and oxygen atoms in total. The first-order valence-electron chi connectivity index (χ1n) is 12.1. The molecule has 0 spiro atoms. The second kappa shape index (κ2) is 12.2. The van der Waals surface area contributed by atoms with E-state index in [1.807, 2.05) is 42.5 Å². The summed E-state index contributed by atoms with van der Waals surface area (Å²) < 4.78 is 0. The number of aryl methyl sites for hydroxylation is 1. The van der Waals surface area contributed by atoms with Crippen molar-refractivity contribution >= 4 is 52.6 Å². The number of thioether (sulfide) groups is 1. The van der Waals surface area contributed by atoms with E-state index in [0.29, 0.717) is 16.5 Å². The molecule has 36 heavy (non-hydrogen) atoms. The fourth-order valence-corrected chi connectivity index (χ4v) is 5.31. The van der Waals surface area contributed by atoms with Gasteiger partial charge in [0.25, 0.3) is 5.91 Å². The molecule has 0 saturated heterocycles. The lowest BCUT2D eigenvalue weighted by atomic mass is 10.2. The molecule has 0 bridgehead atoms. The Bertz CT molecular complexity index is 1260. The van der Waals surface area contributed by atoms with Crippen LogP contribution in [0.5, 0.6) is 0 Å². The zero-order valence-corrected chi connectivity index (χ0v) is 22.1. The number of para-hydroxylation sites is 1. The predicted octanol–water partition coefficient (Wildman–Crippen LogP) is 6.16. The van der Waals surface area contributed by atoms with Crippen LogP contribution in [0, 0.1) is 6.92 Å². The van der Waals surface area contributed by atoms with Gasteiger partial charge >= 0.3 is 0 Å². The fourth-order valence-electron chi connectivity index (χ4n) is 4.12. The summed E-state index contributed by atoms with van der Waals surface area (Å²) in [4.78, 5) is 31.6. The number of amides is 2. The summed E-state index contributed by atoms with van der Waals surface area (Å²) in [6.45, 7) is 6.49. The fraction of sp³-hybridized carbons (Fsp3) is 0.241. The van der Waals surface area contributed by atoms with Crippen LogP contribution in [0.2, 0.25) is 5.02 Å². The lowest BCUT2D eigenvalue weighted by molar-refractivity contribution is -0.122. The van der Waals surface area contributed by atoms with E-state index in [1.54, 1.807) is 17.0 Å². The van der Waals surface area contributed by atoms with E-state index in [9.17, 15) is 9.59 Å². The Kier molecular flexibility index (Phi) is 8.73.